The molecule has 0 atom stereocenters. The van der Waals surface area contributed by atoms with E-state index in [0.29, 0.717) is 5.75 Å². The summed E-state index contributed by atoms with van der Waals surface area (Å²) in [5.41, 5.74) is 0.575. The lowest BCUT2D eigenvalue weighted by Crippen LogP contribution is -2.19. The van der Waals surface area contributed by atoms with Gasteiger partial charge in [-0.2, -0.15) is 8.42 Å². The summed E-state index contributed by atoms with van der Waals surface area (Å²) in [5, 5.41) is 2.36. The van der Waals surface area contributed by atoms with Gasteiger partial charge < -0.3 is 23.7 Å². The number of aromatic nitrogens is 2. The quantitative estimate of drug-likeness (QED) is 0.122. The van der Waals surface area contributed by atoms with Crippen molar-refractivity contribution < 1.29 is 41.7 Å². The largest absolute Gasteiger partial charge is 0.497 e. The molecule has 0 aliphatic heterocycles. The van der Waals surface area contributed by atoms with E-state index in [1.165, 1.54) is 56.9 Å². The Morgan fingerprint density at radius 1 is 0.957 bits per heavy atom. The van der Waals surface area contributed by atoms with Crippen LogP contribution in [0, 0.1) is 0 Å². The topological polar surface area (TPSA) is 164 Å². The van der Waals surface area contributed by atoms with E-state index >= 15 is 0 Å². The number of carbonyl (C=O) groups excluding carboxylic acids is 2. The number of nitrogens with zero attached hydrogens (tertiary/aromatic N) is 2. The number of nitrogens with one attached hydrogen (secondary N) is 2. The highest BCUT2D eigenvalue weighted by Gasteiger charge is 2.25. The van der Waals surface area contributed by atoms with E-state index in [1.54, 1.807) is 30.3 Å². The van der Waals surface area contributed by atoms with E-state index in [2.05, 4.69) is 20.0 Å². The Balaban J connectivity index is 1.69. The number of ether oxygens (including phenoxy) is 5. The molecule has 0 fully saturated rings. The second-order valence-electron chi connectivity index (χ2n) is 9.76. The van der Waals surface area contributed by atoms with Gasteiger partial charge in [0, 0.05) is 18.5 Å². The molecule has 0 bridgehead atoms. The number of amides is 1. The normalized spacial score (nSPS) is 11.0. The van der Waals surface area contributed by atoms with Crippen molar-refractivity contribution in [3.63, 3.8) is 0 Å². The number of halogens is 1. The number of rotatable bonds is 13. The van der Waals surface area contributed by atoms with Crippen LogP contribution in [0.15, 0.2) is 78.1 Å². The van der Waals surface area contributed by atoms with Crippen LogP contribution in [0.25, 0.3) is 0 Å². The minimum atomic E-state index is -4.32. The predicted octanol–water partition coefficient (Wildman–Crippen LogP) is 6.27. The first-order valence-electron chi connectivity index (χ1n) is 13.7. The molecule has 13 nitrogen and oxygen atoms in total. The highest BCUT2D eigenvalue weighted by Crippen LogP contribution is 2.43. The van der Waals surface area contributed by atoms with E-state index in [4.69, 9.17) is 35.3 Å². The number of esters is 1. The van der Waals surface area contributed by atoms with Crippen molar-refractivity contribution in [1.82, 2.24) is 9.97 Å². The molecule has 2 heterocycles. The first-order chi connectivity index (χ1) is 22.0. The van der Waals surface area contributed by atoms with Crippen LogP contribution in [0.2, 0.25) is 5.02 Å². The Hall–Kier alpha value is -5.08. The molecule has 242 valence electrons. The Labute approximate surface area is 270 Å². The maximum atomic E-state index is 13.5. The van der Waals surface area contributed by atoms with Gasteiger partial charge in [-0.1, -0.05) is 37.6 Å². The number of benzene rings is 2. The second-order valence-corrected chi connectivity index (χ2v) is 11.8. The first-order valence-corrected chi connectivity index (χ1v) is 15.6. The first kappa shape index (κ1) is 33.8. The van der Waals surface area contributed by atoms with Gasteiger partial charge in [-0.15, -0.1) is 0 Å². The van der Waals surface area contributed by atoms with Crippen molar-refractivity contribution >= 4 is 45.2 Å². The Kier molecular flexibility index (Phi) is 11.2. The third-order valence-corrected chi connectivity index (χ3v) is 7.83. The summed E-state index contributed by atoms with van der Waals surface area (Å²) in [6.45, 7) is 3.43. The van der Waals surface area contributed by atoms with Gasteiger partial charge in [0.15, 0.2) is 16.5 Å². The number of pyridine rings is 2. The third-order valence-electron chi connectivity index (χ3n) is 6.24. The van der Waals surface area contributed by atoms with Gasteiger partial charge in [0.1, 0.15) is 30.5 Å². The molecule has 0 radical (unpaired) electrons. The predicted molar refractivity (Wildman–Crippen MR) is 170 cm³/mol. The second kappa shape index (κ2) is 15.3. The van der Waals surface area contributed by atoms with Crippen LogP contribution in [-0.2, 0) is 19.5 Å². The fraction of sp³-hybridized carbons (Fsp3) is 0.226. The lowest BCUT2D eigenvalue weighted by Gasteiger charge is -2.19. The molecular formula is C31H31ClN4O9S. The number of sulfonamides is 1. The summed E-state index contributed by atoms with van der Waals surface area (Å²) in [5.74, 6) is -0.151. The molecule has 4 rings (SSSR count). The molecule has 0 spiro atoms. The molecule has 0 saturated heterocycles. The number of hydrogen-bond acceptors (Lipinski definition) is 11. The van der Waals surface area contributed by atoms with Gasteiger partial charge in [-0.05, 0) is 53.9 Å². The van der Waals surface area contributed by atoms with Gasteiger partial charge in [-0.25, -0.2) is 19.6 Å². The average Bonchev–Trinajstić information content (AvgIpc) is 3.05. The fourth-order valence-corrected chi connectivity index (χ4v) is 5.02. The molecule has 2 N–H and O–H groups in total. The number of hydrogen-bond donors (Lipinski definition) is 2. The molecule has 0 aliphatic rings. The summed E-state index contributed by atoms with van der Waals surface area (Å²) < 4.78 is 56.7. The molecule has 2 aromatic heterocycles. The number of anilines is 2. The maximum absolute atomic E-state index is 13.5. The molecule has 0 saturated carbocycles. The van der Waals surface area contributed by atoms with E-state index in [1.807, 2.05) is 13.8 Å². The van der Waals surface area contributed by atoms with E-state index < -0.39 is 22.1 Å². The lowest BCUT2D eigenvalue weighted by atomic mass is 10.1. The van der Waals surface area contributed by atoms with E-state index in [0.717, 1.165) is 5.56 Å². The van der Waals surface area contributed by atoms with Crippen molar-refractivity contribution in [2.75, 3.05) is 37.5 Å². The summed E-state index contributed by atoms with van der Waals surface area (Å²) in [6.07, 6.45) is 2.19. The molecule has 0 aliphatic carbocycles. The minimum absolute atomic E-state index is 0.0729. The van der Waals surface area contributed by atoms with Crippen LogP contribution in [-0.4, -0.2) is 57.9 Å². The van der Waals surface area contributed by atoms with Crippen molar-refractivity contribution in [2.45, 2.75) is 24.8 Å². The van der Waals surface area contributed by atoms with Crippen molar-refractivity contribution in [1.29, 1.82) is 0 Å². The van der Waals surface area contributed by atoms with Crippen LogP contribution in [0.1, 0.15) is 35.7 Å². The third kappa shape index (κ3) is 8.76. The van der Waals surface area contributed by atoms with Crippen molar-refractivity contribution in [2.24, 2.45) is 0 Å². The number of methoxy groups -OCH3 is 2. The average molecular weight is 671 g/mol. The van der Waals surface area contributed by atoms with Crippen molar-refractivity contribution in [3.8, 4) is 23.0 Å². The van der Waals surface area contributed by atoms with Crippen LogP contribution in [0.5, 0.6) is 23.0 Å². The lowest BCUT2D eigenvalue weighted by molar-refractivity contribution is 0.0600. The molecule has 15 heteroatoms. The van der Waals surface area contributed by atoms with E-state index in [-0.39, 0.29) is 63.5 Å². The van der Waals surface area contributed by atoms with E-state index in [9.17, 15) is 18.0 Å². The molecular weight excluding hydrogens is 640 g/mol. The summed E-state index contributed by atoms with van der Waals surface area (Å²) >= 11 is 6.40. The standard InChI is InChI=1S/C31H31ClN4O9S/c1-19(2)20-8-11-28(34-18-20)46(39,40)36-24-15-21(30(37)42-4)16-26(29(24)45-25-17-22(41-3)9-10-23(25)32)43-13-14-44-31(38)35-27-7-5-6-12-33-27/h5-12,15-19,36H,13-14H2,1-4H3,(H,33,35,38). The highest BCUT2D eigenvalue weighted by atomic mass is 35.5. The molecule has 1 amide bonds. The van der Waals surface area contributed by atoms with Gasteiger partial charge >= 0.3 is 12.1 Å². The van der Waals surface area contributed by atoms with Crippen LogP contribution in [0.3, 0.4) is 0 Å². The zero-order chi connectivity index (χ0) is 33.3. The number of carbonyl (C=O) groups is 2. The zero-order valence-electron chi connectivity index (χ0n) is 25.3. The smallest absolute Gasteiger partial charge is 0.412 e. The SMILES string of the molecule is COC(=O)c1cc(NS(=O)(=O)c2ccc(C(C)C)cn2)c(Oc2cc(OC)ccc2Cl)c(OCCOC(=O)Nc2ccccn2)c1. The Morgan fingerprint density at radius 2 is 1.76 bits per heavy atom. The molecule has 4 aromatic rings. The summed E-state index contributed by atoms with van der Waals surface area (Å²) in [6, 6.07) is 15.1. The molecule has 0 unspecified atom stereocenters. The van der Waals surface area contributed by atoms with Crippen LogP contribution < -0.4 is 24.2 Å². The highest BCUT2D eigenvalue weighted by molar-refractivity contribution is 7.92. The van der Waals surface area contributed by atoms with Gasteiger partial charge in [0.2, 0.25) is 0 Å². The Morgan fingerprint density at radius 3 is 2.41 bits per heavy atom. The van der Waals surface area contributed by atoms with Crippen molar-refractivity contribution in [3.05, 3.63) is 89.2 Å². The van der Waals surface area contributed by atoms with Gasteiger partial charge in [0.05, 0.1) is 30.5 Å². The molecule has 46 heavy (non-hydrogen) atoms. The Bertz CT molecular complexity index is 1790. The summed E-state index contributed by atoms with van der Waals surface area (Å²) in [4.78, 5) is 32.9. The summed E-state index contributed by atoms with van der Waals surface area (Å²) in [7, 11) is -1.70. The molecule has 2 aromatic carbocycles. The zero-order valence-corrected chi connectivity index (χ0v) is 26.8. The van der Waals surface area contributed by atoms with Crippen LogP contribution >= 0.6 is 11.6 Å². The van der Waals surface area contributed by atoms with Gasteiger partial charge in [-0.3, -0.25) is 10.0 Å². The van der Waals surface area contributed by atoms with Crippen LogP contribution in [0.4, 0.5) is 16.3 Å². The van der Waals surface area contributed by atoms with Gasteiger partial charge in [0.25, 0.3) is 10.0 Å². The fourth-order valence-electron chi connectivity index (χ4n) is 3.88. The maximum Gasteiger partial charge on any atom is 0.412 e. The monoisotopic (exact) mass is 670 g/mol. The minimum Gasteiger partial charge on any atom is -0.497 e.